The van der Waals surface area contributed by atoms with Gasteiger partial charge in [0.25, 0.3) is 0 Å². The van der Waals surface area contributed by atoms with Crippen LogP contribution in [0.25, 0.3) is 0 Å². The van der Waals surface area contributed by atoms with E-state index in [9.17, 15) is 0 Å². The summed E-state index contributed by atoms with van der Waals surface area (Å²) < 4.78 is 0. The van der Waals surface area contributed by atoms with Crippen LogP contribution in [0.3, 0.4) is 0 Å². The van der Waals surface area contributed by atoms with Crippen LogP contribution >= 0.6 is 0 Å². The Morgan fingerprint density at radius 1 is 1.33 bits per heavy atom. The Kier molecular flexibility index (Phi) is 2.62. The van der Waals surface area contributed by atoms with Crippen molar-refractivity contribution in [3.05, 3.63) is 29.5 Å². The van der Waals surface area contributed by atoms with Gasteiger partial charge in [0.2, 0.25) is 0 Å². The second-order valence-electron chi connectivity index (χ2n) is 4.09. The lowest BCUT2D eigenvalue weighted by Gasteiger charge is -2.26. The van der Waals surface area contributed by atoms with Crippen molar-refractivity contribution in [2.24, 2.45) is 0 Å². The quantitative estimate of drug-likeness (QED) is 0.711. The first kappa shape index (κ1) is 10.0. The van der Waals surface area contributed by atoms with Crippen LogP contribution in [0.2, 0.25) is 0 Å². The van der Waals surface area contributed by atoms with E-state index in [1.165, 1.54) is 5.57 Å². The van der Waals surface area contributed by atoms with Gasteiger partial charge in [0, 0.05) is 13.1 Å². The molecule has 0 saturated carbocycles. The van der Waals surface area contributed by atoms with E-state index in [2.05, 4.69) is 22.9 Å². The van der Waals surface area contributed by atoms with Crippen molar-refractivity contribution in [1.29, 1.82) is 0 Å². The second-order valence-corrected chi connectivity index (χ2v) is 4.09. The number of rotatable bonds is 1. The van der Waals surface area contributed by atoms with E-state index in [4.69, 9.17) is 5.73 Å². The summed E-state index contributed by atoms with van der Waals surface area (Å²) in [4.78, 5) is 6.77. The topological polar surface area (TPSA) is 42.1 Å². The van der Waals surface area contributed by atoms with E-state index in [0.29, 0.717) is 0 Å². The molecule has 0 unspecified atom stereocenters. The Balaban J connectivity index is 2.20. The monoisotopic (exact) mass is 203 g/mol. The van der Waals surface area contributed by atoms with Crippen LogP contribution in [0.15, 0.2) is 23.8 Å². The van der Waals surface area contributed by atoms with E-state index in [0.717, 1.165) is 36.7 Å². The fraction of sp³-hybridized carbons (Fsp3) is 0.417. The number of hydrogen-bond acceptors (Lipinski definition) is 3. The number of nitrogens with two attached hydrogens (primary N) is 1. The minimum atomic E-state index is 0.766. The Hall–Kier alpha value is -1.51. The molecule has 1 aromatic heterocycles. The van der Waals surface area contributed by atoms with E-state index < -0.39 is 0 Å². The van der Waals surface area contributed by atoms with Gasteiger partial charge in [-0.15, -0.1) is 0 Å². The molecule has 1 aliphatic heterocycles. The van der Waals surface area contributed by atoms with Gasteiger partial charge in [0.05, 0.1) is 11.4 Å². The maximum absolute atomic E-state index is 5.75. The predicted octanol–water partition coefficient (Wildman–Crippen LogP) is 2.13. The summed E-state index contributed by atoms with van der Waals surface area (Å²) in [5.74, 6) is 1.03. The van der Waals surface area contributed by atoms with E-state index in [1.54, 1.807) is 0 Å². The molecule has 1 aliphatic rings. The Labute approximate surface area is 90.6 Å². The van der Waals surface area contributed by atoms with Gasteiger partial charge in [-0.1, -0.05) is 11.6 Å². The highest BCUT2D eigenvalue weighted by Crippen LogP contribution is 2.19. The Bertz CT molecular complexity index is 396. The van der Waals surface area contributed by atoms with Gasteiger partial charge < -0.3 is 10.6 Å². The van der Waals surface area contributed by atoms with Crippen LogP contribution < -0.4 is 10.6 Å². The van der Waals surface area contributed by atoms with Crippen LogP contribution in [0, 0.1) is 6.92 Å². The van der Waals surface area contributed by atoms with Crippen LogP contribution in [-0.2, 0) is 0 Å². The minimum absolute atomic E-state index is 0.766. The third kappa shape index (κ3) is 2.12. The normalized spacial score (nSPS) is 16.4. The molecular weight excluding hydrogens is 186 g/mol. The highest BCUT2D eigenvalue weighted by atomic mass is 15.2. The maximum Gasteiger partial charge on any atom is 0.129 e. The van der Waals surface area contributed by atoms with Gasteiger partial charge in [-0.2, -0.15) is 0 Å². The fourth-order valence-corrected chi connectivity index (χ4v) is 1.71. The molecule has 2 heterocycles. The van der Waals surface area contributed by atoms with Gasteiger partial charge in [0.1, 0.15) is 5.82 Å². The van der Waals surface area contributed by atoms with Crippen molar-refractivity contribution in [3.63, 3.8) is 0 Å². The largest absolute Gasteiger partial charge is 0.397 e. The van der Waals surface area contributed by atoms with Crippen molar-refractivity contribution in [2.45, 2.75) is 20.3 Å². The lowest BCUT2D eigenvalue weighted by molar-refractivity contribution is 0.774. The van der Waals surface area contributed by atoms with Crippen LogP contribution in [0.1, 0.15) is 19.0 Å². The van der Waals surface area contributed by atoms with Gasteiger partial charge in [0.15, 0.2) is 0 Å². The first-order valence-electron chi connectivity index (χ1n) is 5.30. The molecule has 15 heavy (non-hydrogen) atoms. The molecular formula is C12H17N3. The smallest absolute Gasteiger partial charge is 0.129 e. The first-order valence-corrected chi connectivity index (χ1v) is 5.30. The average Bonchev–Trinajstić information content (AvgIpc) is 2.23. The number of nitrogens with zero attached hydrogens (tertiary/aromatic N) is 2. The number of hydrogen-bond donors (Lipinski definition) is 1. The van der Waals surface area contributed by atoms with E-state index >= 15 is 0 Å². The summed E-state index contributed by atoms with van der Waals surface area (Å²) in [6.45, 7) is 6.14. The van der Waals surface area contributed by atoms with Crippen molar-refractivity contribution < 1.29 is 0 Å². The number of nitrogen functional groups attached to an aromatic ring is 1. The molecule has 0 spiro atoms. The SMILES string of the molecule is CC1=CCN(c2ccc(N)c(C)n2)CC1. The van der Waals surface area contributed by atoms with E-state index in [1.807, 2.05) is 19.1 Å². The fourth-order valence-electron chi connectivity index (χ4n) is 1.71. The minimum Gasteiger partial charge on any atom is -0.397 e. The molecule has 0 aromatic carbocycles. The van der Waals surface area contributed by atoms with Crippen molar-refractivity contribution in [2.75, 3.05) is 23.7 Å². The number of aromatic nitrogens is 1. The molecule has 2 N–H and O–H groups in total. The zero-order chi connectivity index (χ0) is 10.8. The molecule has 0 radical (unpaired) electrons. The summed E-state index contributed by atoms with van der Waals surface area (Å²) in [6.07, 6.45) is 3.39. The van der Waals surface area contributed by atoms with Crippen molar-refractivity contribution in [3.8, 4) is 0 Å². The zero-order valence-electron chi connectivity index (χ0n) is 9.33. The van der Waals surface area contributed by atoms with Crippen LogP contribution in [-0.4, -0.2) is 18.1 Å². The van der Waals surface area contributed by atoms with Crippen molar-refractivity contribution in [1.82, 2.24) is 4.98 Å². The lowest BCUT2D eigenvalue weighted by atomic mass is 10.1. The van der Waals surface area contributed by atoms with Crippen LogP contribution in [0.4, 0.5) is 11.5 Å². The highest BCUT2D eigenvalue weighted by molar-refractivity contribution is 5.51. The number of pyridine rings is 1. The average molecular weight is 203 g/mol. The molecule has 80 valence electrons. The van der Waals surface area contributed by atoms with E-state index in [-0.39, 0.29) is 0 Å². The van der Waals surface area contributed by atoms with Crippen molar-refractivity contribution >= 4 is 11.5 Å². The Morgan fingerprint density at radius 2 is 2.13 bits per heavy atom. The standard InChI is InChI=1S/C12H17N3/c1-9-5-7-15(8-6-9)12-4-3-11(13)10(2)14-12/h3-5H,6-8,13H2,1-2H3. The molecule has 0 aliphatic carbocycles. The molecule has 3 heteroatoms. The first-order chi connectivity index (χ1) is 7.16. The summed E-state index contributed by atoms with van der Waals surface area (Å²) >= 11 is 0. The van der Waals surface area contributed by atoms with Gasteiger partial charge in [-0.3, -0.25) is 0 Å². The summed E-state index contributed by atoms with van der Waals surface area (Å²) in [7, 11) is 0. The van der Waals surface area contributed by atoms with Crippen LogP contribution in [0.5, 0.6) is 0 Å². The molecule has 0 fully saturated rings. The highest BCUT2D eigenvalue weighted by Gasteiger charge is 2.11. The molecule has 0 bridgehead atoms. The molecule has 0 amide bonds. The molecule has 3 nitrogen and oxygen atoms in total. The van der Waals surface area contributed by atoms with Gasteiger partial charge in [-0.05, 0) is 32.4 Å². The zero-order valence-corrected chi connectivity index (χ0v) is 9.33. The number of aryl methyl sites for hydroxylation is 1. The van der Waals surface area contributed by atoms with Gasteiger partial charge in [-0.25, -0.2) is 4.98 Å². The van der Waals surface area contributed by atoms with Gasteiger partial charge >= 0.3 is 0 Å². The maximum atomic E-state index is 5.75. The summed E-state index contributed by atoms with van der Waals surface area (Å²) in [6, 6.07) is 3.93. The molecule has 0 atom stereocenters. The molecule has 0 saturated heterocycles. The second kappa shape index (κ2) is 3.93. The molecule has 1 aromatic rings. The molecule has 2 rings (SSSR count). The third-order valence-corrected chi connectivity index (χ3v) is 2.87. The summed E-state index contributed by atoms with van der Waals surface area (Å²) in [5.41, 5.74) is 8.90. The number of anilines is 2. The predicted molar refractivity (Wildman–Crippen MR) is 64.0 cm³/mol. The Morgan fingerprint density at radius 3 is 2.73 bits per heavy atom. The lowest BCUT2D eigenvalue weighted by Crippen LogP contribution is -2.29. The summed E-state index contributed by atoms with van der Waals surface area (Å²) in [5, 5.41) is 0. The third-order valence-electron chi connectivity index (χ3n) is 2.87.